The van der Waals surface area contributed by atoms with Crippen LogP contribution in [0.3, 0.4) is 0 Å². The molecule has 1 aliphatic heterocycles. The molecule has 2 aromatic heterocycles. The van der Waals surface area contributed by atoms with Gasteiger partial charge in [-0.05, 0) is 23.8 Å². The summed E-state index contributed by atoms with van der Waals surface area (Å²) in [5.41, 5.74) is 8.84. The minimum absolute atomic E-state index is 0.271. The van der Waals surface area contributed by atoms with Gasteiger partial charge in [-0.3, -0.25) is 9.97 Å². The zero-order valence-electron chi connectivity index (χ0n) is 12.5. The van der Waals surface area contributed by atoms with Gasteiger partial charge in [0.1, 0.15) is 5.03 Å². The second-order valence-corrected chi connectivity index (χ2v) is 6.12. The Morgan fingerprint density at radius 3 is 2.54 bits per heavy atom. The summed E-state index contributed by atoms with van der Waals surface area (Å²) in [5.74, 6) is -0.771. The fraction of sp³-hybridized carbons (Fsp3) is 0.118. The van der Waals surface area contributed by atoms with Crippen LogP contribution in [0.25, 0.3) is 0 Å². The minimum atomic E-state index is -0.419. The standard InChI is InChI=1S/C17H13N5S2/c18-8-12-13(10-3-6-20-7-4-10)14(16(19)23)15(22-17(12)24)11-2-1-5-21-9-11/h1-7,9,13-14,24H,(H2,19,23)/t13-,14?/m0/s1. The van der Waals surface area contributed by atoms with Gasteiger partial charge in [0.2, 0.25) is 0 Å². The van der Waals surface area contributed by atoms with Gasteiger partial charge < -0.3 is 5.73 Å². The maximum absolute atomic E-state index is 9.61. The molecule has 1 aliphatic rings. The zero-order chi connectivity index (χ0) is 17.1. The van der Waals surface area contributed by atoms with Gasteiger partial charge in [0.15, 0.2) is 0 Å². The van der Waals surface area contributed by atoms with E-state index in [-0.39, 0.29) is 10.9 Å². The van der Waals surface area contributed by atoms with Crippen LogP contribution in [-0.2, 0) is 0 Å². The SMILES string of the molecule is N#CC1=C(S)N=C(c2cccnc2)C(C(N)=S)[C@H]1c1ccncc1. The van der Waals surface area contributed by atoms with Crippen LogP contribution in [0.5, 0.6) is 0 Å². The summed E-state index contributed by atoms with van der Waals surface area (Å²) in [6.45, 7) is 0. The van der Waals surface area contributed by atoms with Crippen molar-refractivity contribution in [2.45, 2.75) is 5.92 Å². The van der Waals surface area contributed by atoms with E-state index in [2.05, 4.69) is 33.7 Å². The van der Waals surface area contributed by atoms with E-state index in [1.54, 1.807) is 24.8 Å². The van der Waals surface area contributed by atoms with E-state index in [9.17, 15) is 5.26 Å². The van der Waals surface area contributed by atoms with Gasteiger partial charge in [-0.1, -0.05) is 18.3 Å². The summed E-state index contributed by atoms with van der Waals surface area (Å²) in [6, 6.07) is 9.60. The number of nitrogens with two attached hydrogens (primary N) is 1. The number of nitrogens with zero attached hydrogens (tertiary/aromatic N) is 4. The lowest BCUT2D eigenvalue weighted by Crippen LogP contribution is -2.37. The maximum atomic E-state index is 9.61. The van der Waals surface area contributed by atoms with Crippen LogP contribution >= 0.6 is 24.8 Å². The summed E-state index contributed by atoms with van der Waals surface area (Å²) >= 11 is 9.73. The van der Waals surface area contributed by atoms with Crippen LogP contribution in [0, 0.1) is 17.2 Å². The number of aromatic nitrogens is 2. The highest BCUT2D eigenvalue weighted by Crippen LogP contribution is 2.40. The van der Waals surface area contributed by atoms with Crippen molar-refractivity contribution in [3.8, 4) is 6.07 Å². The number of rotatable bonds is 3. The quantitative estimate of drug-likeness (QED) is 0.655. The summed E-state index contributed by atoms with van der Waals surface area (Å²) in [7, 11) is 0. The number of pyridine rings is 2. The predicted molar refractivity (Wildman–Crippen MR) is 99.7 cm³/mol. The van der Waals surface area contributed by atoms with E-state index in [1.807, 2.05) is 24.3 Å². The Kier molecular flexibility index (Phi) is 4.69. The van der Waals surface area contributed by atoms with Crippen molar-refractivity contribution >= 4 is 35.5 Å². The summed E-state index contributed by atoms with van der Waals surface area (Å²) in [5, 5.41) is 9.98. The van der Waals surface area contributed by atoms with Crippen molar-refractivity contribution < 1.29 is 0 Å². The fourth-order valence-corrected chi connectivity index (χ4v) is 3.36. The molecule has 0 aliphatic carbocycles. The third-order valence-electron chi connectivity index (χ3n) is 3.86. The molecule has 0 aromatic carbocycles. The lowest BCUT2D eigenvalue weighted by Gasteiger charge is -2.31. The smallest absolute Gasteiger partial charge is 0.108 e. The van der Waals surface area contributed by atoms with Gasteiger partial charge in [-0.2, -0.15) is 5.26 Å². The van der Waals surface area contributed by atoms with Crippen LogP contribution in [0.1, 0.15) is 17.0 Å². The number of hydrogen-bond acceptors (Lipinski definition) is 6. The molecular weight excluding hydrogens is 338 g/mol. The number of thiol groups is 1. The third kappa shape index (κ3) is 2.94. The first-order chi connectivity index (χ1) is 11.6. The Morgan fingerprint density at radius 1 is 1.21 bits per heavy atom. The monoisotopic (exact) mass is 351 g/mol. The molecule has 0 saturated carbocycles. The molecule has 1 unspecified atom stereocenters. The average molecular weight is 351 g/mol. The Morgan fingerprint density at radius 2 is 1.96 bits per heavy atom. The highest BCUT2D eigenvalue weighted by atomic mass is 32.1. The average Bonchev–Trinajstić information content (AvgIpc) is 2.62. The van der Waals surface area contributed by atoms with Crippen LogP contribution in [0.2, 0.25) is 0 Å². The number of thiocarbonyl (C=S) groups is 1. The molecule has 0 radical (unpaired) electrons. The largest absolute Gasteiger partial charge is 0.393 e. The lowest BCUT2D eigenvalue weighted by atomic mass is 9.76. The molecule has 2 atom stereocenters. The van der Waals surface area contributed by atoms with E-state index in [1.165, 1.54) is 0 Å². The molecule has 5 nitrogen and oxygen atoms in total. The van der Waals surface area contributed by atoms with Crippen molar-refractivity contribution in [3.63, 3.8) is 0 Å². The van der Waals surface area contributed by atoms with Gasteiger partial charge in [0.25, 0.3) is 0 Å². The van der Waals surface area contributed by atoms with Crippen LogP contribution in [-0.4, -0.2) is 20.7 Å². The van der Waals surface area contributed by atoms with Gasteiger partial charge in [-0.15, -0.1) is 12.6 Å². The highest BCUT2D eigenvalue weighted by molar-refractivity contribution is 7.84. The third-order valence-corrected chi connectivity index (χ3v) is 4.45. The molecule has 0 saturated heterocycles. The Balaban J connectivity index is 2.23. The topological polar surface area (TPSA) is 88.0 Å². The Hall–Kier alpha value is -2.56. The number of hydrogen-bond donors (Lipinski definition) is 2. The normalized spacial score (nSPS) is 20.2. The van der Waals surface area contributed by atoms with E-state index in [0.717, 1.165) is 11.1 Å². The number of aliphatic imine (C=N–C) groups is 1. The molecule has 118 valence electrons. The highest BCUT2D eigenvalue weighted by Gasteiger charge is 2.38. The number of allylic oxidation sites excluding steroid dienone is 1. The van der Waals surface area contributed by atoms with Crippen molar-refractivity contribution in [1.82, 2.24) is 9.97 Å². The first kappa shape index (κ1) is 16.3. The summed E-state index contributed by atoms with van der Waals surface area (Å²) in [6.07, 6.45) is 6.73. The second kappa shape index (κ2) is 6.91. The van der Waals surface area contributed by atoms with Gasteiger partial charge in [-0.25, -0.2) is 4.99 Å². The molecule has 2 N–H and O–H groups in total. The number of nitriles is 1. The minimum Gasteiger partial charge on any atom is -0.393 e. The van der Waals surface area contributed by atoms with Crippen LogP contribution < -0.4 is 5.73 Å². The van der Waals surface area contributed by atoms with Gasteiger partial charge in [0, 0.05) is 36.3 Å². The Bertz CT molecular complexity index is 869. The van der Waals surface area contributed by atoms with E-state index >= 15 is 0 Å². The van der Waals surface area contributed by atoms with E-state index < -0.39 is 5.92 Å². The molecule has 24 heavy (non-hydrogen) atoms. The maximum Gasteiger partial charge on any atom is 0.108 e. The molecule has 0 amide bonds. The summed E-state index contributed by atoms with van der Waals surface area (Å²) < 4.78 is 0. The van der Waals surface area contributed by atoms with Crippen molar-refractivity contribution in [2.75, 3.05) is 0 Å². The van der Waals surface area contributed by atoms with E-state index in [4.69, 9.17) is 18.0 Å². The molecule has 3 rings (SSSR count). The molecule has 0 fully saturated rings. The molecular formula is C17H13N5S2. The predicted octanol–water partition coefficient (Wildman–Crippen LogP) is 2.63. The van der Waals surface area contributed by atoms with Gasteiger partial charge in [0.05, 0.1) is 28.3 Å². The second-order valence-electron chi connectivity index (χ2n) is 5.23. The lowest BCUT2D eigenvalue weighted by molar-refractivity contribution is 0.737. The molecule has 7 heteroatoms. The fourth-order valence-electron chi connectivity index (χ4n) is 2.81. The first-order valence-corrected chi connectivity index (χ1v) is 8.00. The molecule has 2 aromatic rings. The zero-order valence-corrected chi connectivity index (χ0v) is 14.2. The van der Waals surface area contributed by atoms with Crippen molar-refractivity contribution in [1.29, 1.82) is 5.26 Å². The Labute approximate surface area is 150 Å². The molecule has 3 heterocycles. The van der Waals surface area contributed by atoms with Gasteiger partial charge >= 0.3 is 0 Å². The van der Waals surface area contributed by atoms with Crippen LogP contribution in [0.15, 0.2) is 64.6 Å². The van der Waals surface area contributed by atoms with E-state index in [0.29, 0.717) is 16.3 Å². The molecule has 0 spiro atoms. The van der Waals surface area contributed by atoms with Crippen molar-refractivity contribution in [3.05, 3.63) is 70.8 Å². The molecule has 0 bridgehead atoms. The van der Waals surface area contributed by atoms with Crippen LogP contribution in [0.4, 0.5) is 0 Å². The van der Waals surface area contributed by atoms with Crippen molar-refractivity contribution in [2.24, 2.45) is 16.6 Å². The summed E-state index contributed by atoms with van der Waals surface area (Å²) in [4.78, 5) is 12.9. The first-order valence-electron chi connectivity index (χ1n) is 7.15.